The first-order valence-corrected chi connectivity index (χ1v) is 9.17. The molecule has 0 bridgehead atoms. The van der Waals surface area contributed by atoms with Gasteiger partial charge in [0.2, 0.25) is 0 Å². The molecule has 1 fully saturated rings. The van der Waals surface area contributed by atoms with Gasteiger partial charge >= 0.3 is 5.97 Å². The number of hydrogen-bond acceptors (Lipinski definition) is 3. The highest BCUT2D eigenvalue weighted by molar-refractivity contribution is 5.66. The molecule has 3 atom stereocenters. The van der Waals surface area contributed by atoms with E-state index in [-0.39, 0.29) is 12.5 Å². The smallest absolute Gasteiger partial charge is 0.303 e. The van der Waals surface area contributed by atoms with Gasteiger partial charge < -0.3 is 14.9 Å². The summed E-state index contributed by atoms with van der Waals surface area (Å²) < 4.78 is 5.58. The largest absolute Gasteiger partial charge is 0.481 e. The van der Waals surface area contributed by atoms with Gasteiger partial charge in [-0.2, -0.15) is 0 Å². The molecule has 4 nitrogen and oxygen atoms in total. The van der Waals surface area contributed by atoms with Crippen LogP contribution >= 0.6 is 0 Å². The normalized spacial score (nSPS) is 21.9. The van der Waals surface area contributed by atoms with E-state index < -0.39 is 5.97 Å². The molecule has 1 rings (SSSR count). The summed E-state index contributed by atoms with van der Waals surface area (Å²) in [6.45, 7) is 2.16. The third-order valence-corrected chi connectivity index (χ3v) is 4.04. The molecule has 1 heterocycles. The average molecular weight is 336 g/mol. The zero-order valence-corrected chi connectivity index (χ0v) is 14.8. The van der Waals surface area contributed by atoms with E-state index in [2.05, 4.69) is 19.1 Å². The highest BCUT2D eigenvalue weighted by Crippen LogP contribution is 2.29. The van der Waals surface area contributed by atoms with Crippen LogP contribution in [0.25, 0.3) is 0 Å². The van der Waals surface area contributed by atoms with Crippen LogP contribution in [0.1, 0.15) is 64.7 Å². The number of carboxylic acids is 1. The van der Waals surface area contributed by atoms with Gasteiger partial charge in [0, 0.05) is 6.42 Å². The Morgan fingerprint density at radius 3 is 2.54 bits per heavy atom. The number of aliphatic hydroxyl groups excluding tert-OH is 1. The lowest BCUT2D eigenvalue weighted by Gasteiger charge is -2.02. The molecule has 0 aromatic rings. The number of ether oxygens (including phenoxy) is 1. The van der Waals surface area contributed by atoms with Crippen LogP contribution in [0, 0.1) is 0 Å². The summed E-state index contributed by atoms with van der Waals surface area (Å²) in [6.07, 6.45) is 20.0. The average Bonchev–Trinajstić information content (AvgIpc) is 3.29. The van der Waals surface area contributed by atoms with Crippen molar-refractivity contribution in [3.05, 3.63) is 36.5 Å². The first-order valence-electron chi connectivity index (χ1n) is 9.17. The quantitative estimate of drug-likeness (QED) is 0.213. The Balaban J connectivity index is 2.01. The van der Waals surface area contributed by atoms with Crippen molar-refractivity contribution in [2.75, 3.05) is 0 Å². The van der Waals surface area contributed by atoms with Crippen molar-refractivity contribution in [2.24, 2.45) is 0 Å². The Morgan fingerprint density at radius 1 is 1.08 bits per heavy atom. The molecule has 0 amide bonds. The van der Waals surface area contributed by atoms with E-state index in [9.17, 15) is 9.90 Å². The lowest BCUT2D eigenvalue weighted by molar-refractivity contribution is -0.137. The van der Waals surface area contributed by atoms with E-state index in [1.54, 1.807) is 0 Å². The molecule has 1 saturated heterocycles. The third-order valence-electron chi connectivity index (χ3n) is 4.04. The maximum atomic E-state index is 10.4. The van der Waals surface area contributed by atoms with Crippen LogP contribution in [0.15, 0.2) is 36.5 Å². The van der Waals surface area contributed by atoms with Crippen molar-refractivity contribution in [3.63, 3.8) is 0 Å². The number of aliphatic carboxylic acids is 1. The van der Waals surface area contributed by atoms with E-state index in [1.807, 2.05) is 24.3 Å². The van der Waals surface area contributed by atoms with Gasteiger partial charge in [0.25, 0.3) is 0 Å². The van der Waals surface area contributed by atoms with Crippen molar-refractivity contribution in [1.29, 1.82) is 0 Å². The standard InChI is InChI=1S/C20H32O4/c1-2-3-7-12-17(21)13-8-6-10-15-19-18(24-19)14-9-4-5-11-16-20(22)23/h4,6,8-10,13,17-19,21H,2-3,5,7,11-12,14-16H2,1H3,(H,22,23)/b9-4-,10-6-,13-8+. The van der Waals surface area contributed by atoms with Gasteiger partial charge in [-0.3, -0.25) is 4.79 Å². The minimum Gasteiger partial charge on any atom is -0.481 e. The number of unbranched alkanes of at least 4 members (excludes halogenated alkanes) is 3. The molecule has 24 heavy (non-hydrogen) atoms. The van der Waals surface area contributed by atoms with Gasteiger partial charge in [0.15, 0.2) is 0 Å². The van der Waals surface area contributed by atoms with Crippen LogP contribution in [0.2, 0.25) is 0 Å². The number of aliphatic hydroxyl groups is 1. The van der Waals surface area contributed by atoms with Crippen LogP contribution in [0.5, 0.6) is 0 Å². The second kappa shape index (κ2) is 13.0. The zero-order chi connectivity index (χ0) is 17.6. The molecule has 136 valence electrons. The lowest BCUT2D eigenvalue weighted by Crippen LogP contribution is -2.00. The first-order chi connectivity index (χ1) is 11.6. The molecule has 1 aliphatic rings. The molecule has 4 heteroatoms. The summed E-state index contributed by atoms with van der Waals surface area (Å²) in [5, 5.41) is 18.3. The Hall–Kier alpha value is -1.39. The topological polar surface area (TPSA) is 70.1 Å². The fourth-order valence-electron chi connectivity index (χ4n) is 2.50. The van der Waals surface area contributed by atoms with Crippen molar-refractivity contribution in [2.45, 2.75) is 83.0 Å². The number of carbonyl (C=O) groups is 1. The Morgan fingerprint density at radius 2 is 1.83 bits per heavy atom. The molecular formula is C20H32O4. The summed E-state index contributed by atoms with van der Waals surface area (Å²) in [7, 11) is 0. The van der Waals surface area contributed by atoms with Crippen LogP contribution in [0.3, 0.4) is 0 Å². The SMILES string of the molecule is CCCCCC(O)/C=C/C=C\CC1OC1C/C=C\CCCC(=O)O. The van der Waals surface area contributed by atoms with E-state index in [0.29, 0.717) is 18.6 Å². The summed E-state index contributed by atoms with van der Waals surface area (Å²) in [5.41, 5.74) is 0. The Labute approximate surface area is 145 Å². The summed E-state index contributed by atoms with van der Waals surface area (Å²) in [5.74, 6) is -0.733. The predicted octanol–water partition coefficient (Wildman–Crippen LogP) is 4.40. The van der Waals surface area contributed by atoms with E-state index in [1.165, 1.54) is 12.8 Å². The molecular weight excluding hydrogens is 304 g/mol. The van der Waals surface area contributed by atoms with Gasteiger partial charge in [0.05, 0.1) is 18.3 Å². The number of rotatable bonds is 14. The first kappa shape index (κ1) is 20.7. The summed E-state index contributed by atoms with van der Waals surface area (Å²) in [4.78, 5) is 10.4. The molecule has 0 spiro atoms. The van der Waals surface area contributed by atoms with Gasteiger partial charge in [-0.05, 0) is 32.1 Å². The molecule has 2 N–H and O–H groups in total. The van der Waals surface area contributed by atoms with E-state index in [4.69, 9.17) is 9.84 Å². The van der Waals surface area contributed by atoms with Crippen molar-refractivity contribution in [1.82, 2.24) is 0 Å². The molecule has 0 aliphatic carbocycles. The van der Waals surface area contributed by atoms with Gasteiger partial charge in [-0.1, -0.05) is 62.6 Å². The Kier molecular flexibility index (Phi) is 11.2. The third kappa shape index (κ3) is 11.2. The predicted molar refractivity (Wildman–Crippen MR) is 97.0 cm³/mol. The molecule has 1 aliphatic heterocycles. The summed E-state index contributed by atoms with van der Waals surface area (Å²) >= 11 is 0. The molecule has 3 unspecified atom stereocenters. The zero-order valence-electron chi connectivity index (χ0n) is 14.8. The van der Waals surface area contributed by atoms with Gasteiger partial charge in [0.1, 0.15) is 0 Å². The van der Waals surface area contributed by atoms with Gasteiger partial charge in [-0.25, -0.2) is 0 Å². The monoisotopic (exact) mass is 336 g/mol. The van der Waals surface area contributed by atoms with Gasteiger partial charge in [-0.15, -0.1) is 0 Å². The molecule has 0 saturated carbocycles. The summed E-state index contributed by atoms with van der Waals surface area (Å²) in [6, 6.07) is 0. The maximum absolute atomic E-state index is 10.4. The second-order valence-corrected chi connectivity index (χ2v) is 6.32. The van der Waals surface area contributed by atoms with Crippen molar-refractivity contribution in [3.8, 4) is 0 Å². The molecule has 0 radical (unpaired) electrons. The van der Waals surface area contributed by atoms with Crippen LogP contribution < -0.4 is 0 Å². The number of epoxide rings is 1. The van der Waals surface area contributed by atoms with Crippen LogP contribution in [0.4, 0.5) is 0 Å². The molecule has 0 aromatic heterocycles. The Bertz CT molecular complexity index is 425. The van der Waals surface area contributed by atoms with Crippen LogP contribution in [-0.2, 0) is 9.53 Å². The maximum Gasteiger partial charge on any atom is 0.303 e. The number of carboxylic acid groups (broad SMARTS) is 1. The number of allylic oxidation sites excluding steroid dienone is 3. The lowest BCUT2D eigenvalue weighted by atomic mass is 10.1. The van der Waals surface area contributed by atoms with Crippen molar-refractivity contribution >= 4 is 5.97 Å². The highest BCUT2D eigenvalue weighted by Gasteiger charge is 2.35. The minimum absolute atomic E-state index is 0.235. The van der Waals surface area contributed by atoms with Crippen molar-refractivity contribution < 1.29 is 19.7 Å². The highest BCUT2D eigenvalue weighted by atomic mass is 16.6. The van der Waals surface area contributed by atoms with E-state index in [0.717, 1.165) is 32.1 Å². The molecule has 0 aromatic carbocycles. The van der Waals surface area contributed by atoms with Crippen LogP contribution in [-0.4, -0.2) is 34.5 Å². The fourth-order valence-corrected chi connectivity index (χ4v) is 2.50. The number of hydrogen-bond donors (Lipinski definition) is 2. The van der Waals surface area contributed by atoms with E-state index >= 15 is 0 Å². The fraction of sp³-hybridized carbons (Fsp3) is 0.650. The second-order valence-electron chi connectivity index (χ2n) is 6.32. The minimum atomic E-state index is -0.733.